The van der Waals surface area contributed by atoms with Gasteiger partial charge in [-0.25, -0.2) is 4.57 Å². The van der Waals surface area contributed by atoms with Crippen LogP contribution in [0.4, 0.5) is 0 Å². The fourth-order valence-electron chi connectivity index (χ4n) is 3.72. The van der Waals surface area contributed by atoms with Crippen LogP contribution in [-0.2, 0) is 27.9 Å². The van der Waals surface area contributed by atoms with Gasteiger partial charge in [-0.15, -0.1) is 0 Å². The van der Waals surface area contributed by atoms with E-state index in [0.717, 1.165) is 25.7 Å². The predicted molar refractivity (Wildman–Crippen MR) is 155 cm³/mol. The van der Waals surface area contributed by atoms with Crippen molar-refractivity contribution in [3.8, 4) is 0 Å². The molecule has 0 rings (SSSR count). The highest BCUT2D eigenvalue weighted by Gasteiger charge is 2.23. The molecule has 0 aromatic carbocycles. The Kier molecular flexibility index (Phi) is 25.7. The fraction of sp³-hybridized carbons (Fsp3) is 0.793. The molecule has 39 heavy (non-hydrogen) atoms. The number of carbonyl (C=O) groups excluding carboxylic acids is 2. The number of rotatable bonds is 27. The van der Waals surface area contributed by atoms with Crippen LogP contribution in [-0.4, -0.2) is 54.3 Å². The standard InChI is InChI=1S/C29H54NO8P/c1-3-4-5-6-7-8-9-10-11-12-13-14-15-16-17-18-19-20-21-22-29(33)30-23-24-37-39(34,35)38-26-28(32)25-36-27(2)31/h7-8,10-11,28,32H,3-6,9,12-26H2,1-2H3,(H,30,33)(H,34,35)/b8-7-,11-10-. The molecule has 0 aliphatic heterocycles. The summed E-state index contributed by atoms with van der Waals surface area (Å²) in [5.41, 5.74) is 0. The van der Waals surface area contributed by atoms with E-state index in [1.807, 2.05) is 0 Å². The Morgan fingerprint density at radius 2 is 1.38 bits per heavy atom. The summed E-state index contributed by atoms with van der Waals surface area (Å²) < 4.78 is 25.7. The minimum atomic E-state index is -4.37. The lowest BCUT2D eigenvalue weighted by molar-refractivity contribution is -0.144. The smallest absolute Gasteiger partial charge is 0.463 e. The van der Waals surface area contributed by atoms with Crippen LogP contribution in [0.15, 0.2) is 24.3 Å². The number of hydrogen-bond donors (Lipinski definition) is 3. The van der Waals surface area contributed by atoms with Crippen molar-refractivity contribution in [2.24, 2.45) is 0 Å². The molecule has 0 saturated heterocycles. The summed E-state index contributed by atoms with van der Waals surface area (Å²) >= 11 is 0. The average molecular weight is 576 g/mol. The number of hydrogen-bond acceptors (Lipinski definition) is 7. The maximum absolute atomic E-state index is 11.9. The molecule has 228 valence electrons. The third-order valence-electron chi connectivity index (χ3n) is 5.94. The second-order valence-corrected chi connectivity index (χ2v) is 11.3. The number of phosphoric acid groups is 1. The highest BCUT2D eigenvalue weighted by atomic mass is 31.2. The van der Waals surface area contributed by atoms with Crippen molar-refractivity contribution in [1.82, 2.24) is 5.32 Å². The first kappa shape index (κ1) is 37.5. The molecule has 0 radical (unpaired) electrons. The van der Waals surface area contributed by atoms with E-state index in [1.54, 1.807) is 0 Å². The molecule has 0 aliphatic carbocycles. The largest absolute Gasteiger partial charge is 0.472 e. The van der Waals surface area contributed by atoms with Gasteiger partial charge in [-0.3, -0.25) is 18.6 Å². The number of amides is 1. The van der Waals surface area contributed by atoms with Gasteiger partial charge < -0.3 is 20.1 Å². The zero-order chi connectivity index (χ0) is 29.0. The maximum Gasteiger partial charge on any atom is 0.472 e. The normalized spacial score (nSPS) is 14.1. The van der Waals surface area contributed by atoms with Crippen LogP contribution in [0.5, 0.6) is 0 Å². The molecular formula is C29H54NO8P. The number of aliphatic hydroxyl groups is 1. The Morgan fingerprint density at radius 3 is 1.97 bits per heavy atom. The Hall–Kier alpha value is -1.51. The van der Waals surface area contributed by atoms with Crippen molar-refractivity contribution in [3.63, 3.8) is 0 Å². The molecule has 0 heterocycles. The lowest BCUT2D eigenvalue weighted by Crippen LogP contribution is -2.27. The summed E-state index contributed by atoms with van der Waals surface area (Å²) in [5, 5.41) is 12.2. The molecule has 1 amide bonds. The van der Waals surface area contributed by atoms with Crippen molar-refractivity contribution in [3.05, 3.63) is 24.3 Å². The van der Waals surface area contributed by atoms with Gasteiger partial charge in [0.05, 0.1) is 13.2 Å². The molecule has 2 unspecified atom stereocenters. The van der Waals surface area contributed by atoms with Gasteiger partial charge in [-0.1, -0.05) is 89.0 Å². The number of nitrogens with one attached hydrogen (secondary N) is 1. The van der Waals surface area contributed by atoms with E-state index in [2.05, 4.69) is 45.8 Å². The Bertz CT molecular complexity index is 713. The van der Waals surface area contributed by atoms with E-state index in [-0.39, 0.29) is 25.7 Å². The van der Waals surface area contributed by atoms with Crippen molar-refractivity contribution in [2.45, 2.75) is 123 Å². The van der Waals surface area contributed by atoms with Gasteiger partial charge >= 0.3 is 13.8 Å². The van der Waals surface area contributed by atoms with Gasteiger partial charge in [0, 0.05) is 19.9 Å². The Labute approximate surface area is 236 Å². The Morgan fingerprint density at radius 1 is 0.821 bits per heavy atom. The zero-order valence-corrected chi connectivity index (χ0v) is 25.2. The van der Waals surface area contributed by atoms with Gasteiger partial charge in [0.25, 0.3) is 0 Å². The number of allylic oxidation sites excluding steroid dienone is 4. The highest BCUT2D eigenvalue weighted by molar-refractivity contribution is 7.47. The number of esters is 1. The van der Waals surface area contributed by atoms with Gasteiger partial charge in [-0.05, 0) is 38.5 Å². The molecule has 0 aromatic heterocycles. The topological polar surface area (TPSA) is 131 Å². The fourth-order valence-corrected chi connectivity index (χ4v) is 4.48. The Balaban J connectivity index is 3.48. The van der Waals surface area contributed by atoms with Gasteiger partial charge in [0.15, 0.2) is 0 Å². The summed E-state index contributed by atoms with van der Waals surface area (Å²) in [7, 11) is -4.37. The highest BCUT2D eigenvalue weighted by Crippen LogP contribution is 2.42. The van der Waals surface area contributed by atoms with E-state index in [4.69, 9.17) is 4.52 Å². The molecule has 0 saturated carbocycles. The zero-order valence-electron chi connectivity index (χ0n) is 24.3. The molecule has 9 nitrogen and oxygen atoms in total. The predicted octanol–water partition coefficient (Wildman–Crippen LogP) is 6.53. The van der Waals surface area contributed by atoms with Crippen LogP contribution in [0.1, 0.15) is 117 Å². The number of aliphatic hydroxyl groups excluding tert-OH is 1. The van der Waals surface area contributed by atoms with E-state index < -0.39 is 26.5 Å². The lowest BCUT2D eigenvalue weighted by Gasteiger charge is -2.15. The van der Waals surface area contributed by atoms with Crippen LogP contribution in [0.3, 0.4) is 0 Å². The minimum absolute atomic E-state index is 0.0781. The van der Waals surface area contributed by atoms with Crippen LogP contribution in [0, 0.1) is 0 Å². The van der Waals surface area contributed by atoms with Crippen molar-refractivity contribution in [2.75, 3.05) is 26.4 Å². The van der Waals surface area contributed by atoms with Crippen LogP contribution >= 0.6 is 7.82 Å². The third kappa shape index (κ3) is 29.3. The van der Waals surface area contributed by atoms with Crippen LogP contribution < -0.4 is 5.32 Å². The first-order valence-electron chi connectivity index (χ1n) is 14.8. The SMILES string of the molecule is CCCCC/C=C\C/C=C\CCCCCCCCCCCC(=O)NCCOP(=O)(O)OCC(O)COC(C)=O. The van der Waals surface area contributed by atoms with Crippen molar-refractivity contribution >= 4 is 19.7 Å². The monoisotopic (exact) mass is 575 g/mol. The van der Waals surface area contributed by atoms with Gasteiger partial charge in [0.2, 0.25) is 5.91 Å². The molecule has 3 N–H and O–H groups in total. The number of unbranched alkanes of at least 4 members (excludes halogenated alkanes) is 12. The van der Waals surface area contributed by atoms with Gasteiger partial charge in [-0.2, -0.15) is 0 Å². The second kappa shape index (κ2) is 26.7. The van der Waals surface area contributed by atoms with Crippen molar-refractivity contribution in [1.29, 1.82) is 0 Å². The third-order valence-corrected chi connectivity index (χ3v) is 6.93. The molecule has 2 atom stereocenters. The van der Waals surface area contributed by atoms with E-state index in [0.29, 0.717) is 6.42 Å². The summed E-state index contributed by atoms with van der Waals surface area (Å²) in [4.78, 5) is 32.1. The second-order valence-electron chi connectivity index (χ2n) is 9.80. The number of ether oxygens (including phenoxy) is 1. The van der Waals surface area contributed by atoms with Gasteiger partial charge in [0.1, 0.15) is 12.7 Å². The lowest BCUT2D eigenvalue weighted by atomic mass is 10.1. The maximum atomic E-state index is 11.9. The summed E-state index contributed by atoms with van der Waals surface area (Å²) in [6.45, 7) is 2.42. The van der Waals surface area contributed by atoms with Crippen LogP contribution in [0.25, 0.3) is 0 Å². The molecule has 0 fully saturated rings. The molecule has 0 aliphatic rings. The first-order chi connectivity index (χ1) is 18.8. The molecular weight excluding hydrogens is 521 g/mol. The van der Waals surface area contributed by atoms with E-state index in [1.165, 1.54) is 77.6 Å². The van der Waals surface area contributed by atoms with Crippen molar-refractivity contribution < 1.29 is 37.9 Å². The average Bonchev–Trinajstić information content (AvgIpc) is 2.90. The number of carbonyl (C=O) groups is 2. The minimum Gasteiger partial charge on any atom is -0.463 e. The summed E-state index contributed by atoms with van der Waals surface area (Å²) in [6, 6.07) is 0. The van der Waals surface area contributed by atoms with E-state index in [9.17, 15) is 24.2 Å². The summed E-state index contributed by atoms with van der Waals surface area (Å²) in [6.07, 6.45) is 26.2. The molecule has 0 spiro atoms. The van der Waals surface area contributed by atoms with E-state index >= 15 is 0 Å². The molecule has 0 bridgehead atoms. The molecule has 10 heteroatoms. The number of phosphoric ester groups is 1. The summed E-state index contributed by atoms with van der Waals surface area (Å²) in [5.74, 6) is -0.702. The first-order valence-corrected chi connectivity index (χ1v) is 16.3. The quantitative estimate of drug-likeness (QED) is 0.0436. The van der Waals surface area contributed by atoms with Crippen LogP contribution in [0.2, 0.25) is 0 Å². The molecule has 0 aromatic rings.